The van der Waals surface area contributed by atoms with Gasteiger partial charge in [-0.05, 0) is 30.5 Å². The SMILES string of the molecule is CCN(CC(C)C)C(=O)Cc1cccc(C(=O)O)c1. The van der Waals surface area contributed by atoms with Crippen molar-refractivity contribution < 1.29 is 14.7 Å². The van der Waals surface area contributed by atoms with Crippen molar-refractivity contribution in [3.05, 3.63) is 35.4 Å². The third kappa shape index (κ3) is 4.73. The molecule has 0 atom stereocenters. The Morgan fingerprint density at radius 1 is 1.32 bits per heavy atom. The highest BCUT2D eigenvalue weighted by atomic mass is 16.4. The van der Waals surface area contributed by atoms with Gasteiger partial charge >= 0.3 is 5.97 Å². The summed E-state index contributed by atoms with van der Waals surface area (Å²) in [7, 11) is 0. The molecule has 1 rings (SSSR count). The Kier molecular flexibility index (Phi) is 5.55. The van der Waals surface area contributed by atoms with Gasteiger partial charge in [-0.1, -0.05) is 26.0 Å². The highest BCUT2D eigenvalue weighted by Gasteiger charge is 2.14. The van der Waals surface area contributed by atoms with E-state index in [1.807, 2.05) is 6.92 Å². The maximum Gasteiger partial charge on any atom is 0.335 e. The van der Waals surface area contributed by atoms with E-state index in [9.17, 15) is 9.59 Å². The quantitative estimate of drug-likeness (QED) is 0.857. The summed E-state index contributed by atoms with van der Waals surface area (Å²) in [6, 6.07) is 6.55. The Labute approximate surface area is 114 Å². The molecule has 0 saturated carbocycles. The zero-order valence-corrected chi connectivity index (χ0v) is 11.7. The van der Waals surface area contributed by atoms with Crippen molar-refractivity contribution in [1.29, 1.82) is 0 Å². The van der Waals surface area contributed by atoms with Crippen molar-refractivity contribution in [2.45, 2.75) is 27.2 Å². The predicted octanol–water partition coefficient (Wildman–Crippen LogP) is 2.43. The Morgan fingerprint density at radius 3 is 2.53 bits per heavy atom. The van der Waals surface area contributed by atoms with Gasteiger partial charge in [0.1, 0.15) is 0 Å². The third-order valence-corrected chi connectivity index (χ3v) is 2.85. The number of aromatic carboxylic acids is 1. The molecule has 0 saturated heterocycles. The van der Waals surface area contributed by atoms with Crippen LogP contribution in [0.15, 0.2) is 24.3 Å². The monoisotopic (exact) mass is 263 g/mol. The van der Waals surface area contributed by atoms with Crippen LogP contribution in [0.1, 0.15) is 36.7 Å². The first-order valence-electron chi connectivity index (χ1n) is 6.54. The maximum absolute atomic E-state index is 12.1. The van der Waals surface area contributed by atoms with E-state index in [-0.39, 0.29) is 17.9 Å². The number of carboxylic acid groups (broad SMARTS) is 1. The second-order valence-electron chi connectivity index (χ2n) is 5.01. The number of hydrogen-bond donors (Lipinski definition) is 1. The van der Waals surface area contributed by atoms with Crippen LogP contribution in [0.25, 0.3) is 0 Å². The van der Waals surface area contributed by atoms with Gasteiger partial charge in [0, 0.05) is 13.1 Å². The molecule has 0 radical (unpaired) electrons. The Hall–Kier alpha value is -1.84. The number of likely N-dealkylation sites (N-methyl/N-ethyl adjacent to an activating group) is 1. The number of carbonyl (C=O) groups is 2. The molecule has 0 spiro atoms. The number of rotatable bonds is 6. The van der Waals surface area contributed by atoms with Gasteiger partial charge < -0.3 is 10.0 Å². The van der Waals surface area contributed by atoms with Crippen molar-refractivity contribution in [1.82, 2.24) is 4.90 Å². The van der Waals surface area contributed by atoms with Crippen LogP contribution in [-0.2, 0) is 11.2 Å². The van der Waals surface area contributed by atoms with Crippen LogP contribution < -0.4 is 0 Å². The summed E-state index contributed by atoms with van der Waals surface area (Å²) in [6.07, 6.45) is 0.252. The number of carbonyl (C=O) groups excluding carboxylic acids is 1. The minimum atomic E-state index is -0.969. The molecular formula is C15H21NO3. The second kappa shape index (κ2) is 6.92. The third-order valence-electron chi connectivity index (χ3n) is 2.85. The fourth-order valence-electron chi connectivity index (χ4n) is 1.95. The summed E-state index contributed by atoms with van der Waals surface area (Å²) in [4.78, 5) is 24.8. The van der Waals surface area contributed by atoms with Gasteiger partial charge in [0.25, 0.3) is 0 Å². The van der Waals surface area contributed by atoms with E-state index in [2.05, 4.69) is 13.8 Å². The Balaban J connectivity index is 2.75. The van der Waals surface area contributed by atoms with Crippen LogP contribution in [0, 0.1) is 5.92 Å². The second-order valence-corrected chi connectivity index (χ2v) is 5.01. The standard InChI is InChI=1S/C15H21NO3/c1-4-16(10-11(2)3)14(17)9-12-6-5-7-13(8-12)15(18)19/h5-8,11H,4,9-10H2,1-3H3,(H,18,19). The van der Waals surface area contributed by atoms with Gasteiger partial charge in [-0.3, -0.25) is 4.79 Å². The van der Waals surface area contributed by atoms with Gasteiger partial charge in [0.05, 0.1) is 12.0 Å². The number of benzene rings is 1. The van der Waals surface area contributed by atoms with Crippen LogP contribution in [0.3, 0.4) is 0 Å². The number of amides is 1. The topological polar surface area (TPSA) is 57.6 Å². The molecule has 0 heterocycles. The minimum Gasteiger partial charge on any atom is -0.478 e. The molecule has 4 nitrogen and oxygen atoms in total. The zero-order chi connectivity index (χ0) is 14.4. The molecule has 0 aliphatic rings. The summed E-state index contributed by atoms with van der Waals surface area (Å²) < 4.78 is 0. The molecule has 1 aromatic carbocycles. The van der Waals surface area contributed by atoms with E-state index < -0.39 is 5.97 Å². The van der Waals surface area contributed by atoms with Crippen molar-refractivity contribution in [2.24, 2.45) is 5.92 Å². The van der Waals surface area contributed by atoms with E-state index in [1.165, 1.54) is 6.07 Å². The lowest BCUT2D eigenvalue weighted by Gasteiger charge is -2.23. The van der Waals surface area contributed by atoms with Crippen LogP contribution >= 0.6 is 0 Å². The van der Waals surface area contributed by atoms with E-state index >= 15 is 0 Å². The molecule has 0 aliphatic carbocycles. The molecule has 0 fully saturated rings. The van der Waals surface area contributed by atoms with E-state index in [1.54, 1.807) is 23.1 Å². The molecule has 4 heteroatoms. The van der Waals surface area contributed by atoms with E-state index in [0.717, 1.165) is 12.1 Å². The normalized spacial score (nSPS) is 10.5. The predicted molar refractivity (Wildman–Crippen MR) is 74.2 cm³/mol. The zero-order valence-electron chi connectivity index (χ0n) is 11.7. The van der Waals surface area contributed by atoms with Gasteiger partial charge in [-0.25, -0.2) is 4.79 Å². The molecule has 1 N–H and O–H groups in total. The van der Waals surface area contributed by atoms with Gasteiger partial charge in [-0.2, -0.15) is 0 Å². The lowest BCUT2D eigenvalue weighted by atomic mass is 10.1. The van der Waals surface area contributed by atoms with Crippen molar-refractivity contribution >= 4 is 11.9 Å². The maximum atomic E-state index is 12.1. The molecule has 1 aromatic rings. The molecular weight excluding hydrogens is 242 g/mol. The lowest BCUT2D eigenvalue weighted by Crippen LogP contribution is -2.35. The number of nitrogens with zero attached hydrogens (tertiary/aromatic N) is 1. The van der Waals surface area contributed by atoms with Gasteiger partial charge in [-0.15, -0.1) is 0 Å². The fourth-order valence-corrected chi connectivity index (χ4v) is 1.95. The summed E-state index contributed by atoms with van der Waals surface area (Å²) in [6.45, 7) is 7.50. The molecule has 19 heavy (non-hydrogen) atoms. The first-order chi connectivity index (χ1) is 8.93. The van der Waals surface area contributed by atoms with Crippen molar-refractivity contribution in [2.75, 3.05) is 13.1 Å². The fraction of sp³-hybridized carbons (Fsp3) is 0.467. The van der Waals surface area contributed by atoms with Crippen LogP contribution in [0.4, 0.5) is 0 Å². The average Bonchev–Trinajstić information content (AvgIpc) is 2.35. The molecule has 0 unspecified atom stereocenters. The average molecular weight is 263 g/mol. The van der Waals surface area contributed by atoms with Crippen molar-refractivity contribution in [3.63, 3.8) is 0 Å². The summed E-state index contributed by atoms with van der Waals surface area (Å²) >= 11 is 0. The van der Waals surface area contributed by atoms with Crippen molar-refractivity contribution in [3.8, 4) is 0 Å². The summed E-state index contributed by atoms with van der Waals surface area (Å²) in [5.74, 6) is -0.503. The minimum absolute atomic E-state index is 0.0405. The van der Waals surface area contributed by atoms with Crippen LogP contribution in [0.5, 0.6) is 0 Å². The Bertz CT molecular complexity index is 454. The molecule has 0 aliphatic heterocycles. The van der Waals surface area contributed by atoms with Gasteiger partial charge in [0.15, 0.2) is 0 Å². The highest BCUT2D eigenvalue weighted by Crippen LogP contribution is 2.09. The largest absolute Gasteiger partial charge is 0.478 e. The smallest absolute Gasteiger partial charge is 0.335 e. The first kappa shape index (κ1) is 15.2. The summed E-state index contributed by atoms with van der Waals surface area (Å²) in [5, 5.41) is 8.92. The van der Waals surface area contributed by atoms with E-state index in [0.29, 0.717) is 12.5 Å². The number of carboxylic acids is 1. The first-order valence-corrected chi connectivity index (χ1v) is 6.54. The molecule has 0 aromatic heterocycles. The highest BCUT2D eigenvalue weighted by molar-refractivity contribution is 5.88. The van der Waals surface area contributed by atoms with Crippen LogP contribution in [0.2, 0.25) is 0 Å². The number of hydrogen-bond acceptors (Lipinski definition) is 2. The van der Waals surface area contributed by atoms with Crippen LogP contribution in [-0.4, -0.2) is 35.0 Å². The molecule has 1 amide bonds. The lowest BCUT2D eigenvalue weighted by molar-refractivity contribution is -0.130. The molecule has 0 bridgehead atoms. The Morgan fingerprint density at radius 2 is 2.00 bits per heavy atom. The summed E-state index contributed by atoms with van der Waals surface area (Å²) in [5.41, 5.74) is 0.962. The van der Waals surface area contributed by atoms with E-state index in [4.69, 9.17) is 5.11 Å². The van der Waals surface area contributed by atoms with Gasteiger partial charge in [0.2, 0.25) is 5.91 Å². The molecule has 104 valence electrons.